The van der Waals surface area contributed by atoms with Crippen molar-refractivity contribution < 1.29 is 0 Å². The molecule has 0 aliphatic heterocycles. The second-order valence-electron chi connectivity index (χ2n) is 4.72. The summed E-state index contributed by atoms with van der Waals surface area (Å²) in [5.41, 5.74) is 2.60. The van der Waals surface area contributed by atoms with Crippen molar-refractivity contribution in [2.75, 3.05) is 0 Å². The summed E-state index contributed by atoms with van der Waals surface area (Å²) < 4.78 is 0. The minimum absolute atomic E-state index is 0.0102. The molecule has 1 aromatic carbocycles. The number of rotatable bonds is 1. The van der Waals surface area contributed by atoms with Crippen molar-refractivity contribution >= 4 is 0 Å². The van der Waals surface area contributed by atoms with E-state index in [1.807, 2.05) is 6.92 Å². The molecule has 0 aliphatic carbocycles. The monoisotopic (exact) mass is 187 g/mol. The Balaban J connectivity index is 2.96. The molecule has 1 rings (SSSR count). The van der Waals surface area contributed by atoms with Crippen molar-refractivity contribution in [3.8, 4) is 6.07 Å². The van der Waals surface area contributed by atoms with E-state index in [4.69, 9.17) is 5.26 Å². The van der Waals surface area contributed by atoms with Gasteiger partial charge in [0.2, 0.25) is 0 Å². The lowest BCUT2D eigenvalue weighted by molar-refractivity contribution is 0.590. The lowest BCUT2D eigenvalue weighted by Crippen LogP contribution is -2.10. The molecule has 0 bridgehead atoms. The van der Waals surface area contributed by atoms with Crippen LogP contribution in [-0.4, -0.2) is 0 Å². The molecule has 0 saturated carbocycles. The van der Waals surface area contributed by atoms with Crippen LogP contribution in [0.2, 0.25) is 0 Å². The predicted molar refractivity (Wildman–Crippen MR) is 59.2 cm³/mol. The second-order valence-corrected chi connectivity index (χ2v) is 4.72. The minimum atomic E-state index is -0.0102. The van der Waals surface area contributed by atoms with Crippen LogP contribution in [0.3, 0.4) is 0 Å². The standard InChI is InChI=1S/C13H17N/c1-10(9-14)11-5-7-12(8-6-11)13(2,3)4/h5-8,10H,1-4H3/t10-/m0/s1. The van der Waals surface area contributed by atoms with E-state index in [0.29, 0.717) is 0 Å². The van der Waals surface area contributed by atoms with Crippen LogP contribution in [0.4, 0.5) is 0 Å². The average Bonchev–Trinajstić information content (AvgIpc) is 2.15. The van der Waals surface area contributed by atoms with Crippen LogP contribution in [0, 0.1) is 11.3 Å². The summed E-state index contributed by atoms with van der Waals surface area (Å²) in [6.07, 6.45) is 0. The van der Waals surface area contributed by atoms with Crippen molar-refractivity contribution in [2.24, 2.45) is 0 Å². The zero-order chi connectivity index (χ0) is 10.8. The maximum absolute atomic E-state index is 8.77. The molecule has 0 spiro atoms. The highest BCUT2D eigenvalue weighted by Crippen LogP contribution is 2.24. The smallest absolute Gasteiger partial charge is 0.0700 e. The van der Waals surface area contributed by atoms with E-state index in [9.17, 15) is 0 Å². The average molecular weight is 187 g/mol. The molecule has 1 atom stereocenters. The van der Waals surface area contributed by atoms with Crippen molar-refractivity contribution in [2.45, 2.75) is 39.0 Å². The van der Waals surface area contributed by atoms with E-state index in [1.165, 1.54) is 5.56 Å². The van der Waals surface area contributed by atoms with Crippen LogP contribution < -0.4 is 0 Å². The first-order chi connectivity index (χ1) is 6.45. The minimum Gasteiger partial charge on any atom is -0.198 e. The van der Waals surface area contributed by atoms with Crippen molar-refractivity contribution in [1.29, 1.82) is 5.26 Å². The van der Waals surface area contributed by atoms with Gasteiger partial charge in [0.1, 0.15) is 0 Å². The third kappa shape index (κ3) is 2.35. The van der Waals surface area contributed by atoms with Gasteiger partial charge < -0.3 is 0 Å². The summed E-state index contributed by atoms with van der Waals surface area (Å²) in [6.45, 7) is 8.49. The van der Waals surface area contributed by atoms with E-state index in [0.717, 1.165) is 5.56 Å². The number of nitriles is 1. The molecule has 0 radical (unpaired) electrons. The summed E-state index contributed by atoms with van der Waals surface area (Å²) in [4.78, 5) is 0. The first-order valence-corrected chi connectivity index (χ1v) is 4.95. The second kappa shape index (κ2) is 3.84. The van der Waals surface area contributed by atoms with Gasteiger partial charge in [-0.1, -0.05) is 45.0 Å². The van der Waals surface area contributed by atoms with Crippen LogP contribution in [0.1, 0.15) is 44.7 Å². The Labute approximate surface area is 86.4 Å². The van der Waals surface area contributed by atoms with E-state index >= 15 is 0 Å². The highest BCUT2D eigenvalue weighted by molar-refractivity contribution is 5.31. The van der Waals surface area contributed by atoms with Gasteiger partial charge in [-0.05, 0) is 23.5 Å². The summed E-state index contributed by atoms with van der Waals surface area (Å²) in [6, 6.07) is 10.6. The molecule has 0 N–H and O–H groups in total. The molecule has 0 aliphatic rings. The number of hydrogen-bond donors (Lipinski definition) is 0. The number of hydrogen-bond acceptors (Lipinski definition) is 1. The molecule has 0 saturated heterocycles. The summed E-state index contributed by atoms with van der Waals surface area (Å²) >= 11 is 0. The van der Waals surface area contributed by atoms with Gasteiger partial charge >= 0.3 is 0 Å². The van der Waals surface area contributed by atoms with Crippen LogP contribution in [0.25, 0.3) is 0 Å². The van der Waals surface area contributed by atoms with Crippen molar-refractivity contribution in [1.82, 2.24) is 0 Å². The molecule has 0 fully saturated rings. The molecule has 0 unspecified atom stereocenters. The SMILES string of the molecule is C[C@@H](C#N)c1ccc(C(C)(C)C)cc1. The third-order valence-corrected chi connectivity index (χ3v) is 2.47. The van der Waals surface area contributed by atoms with Gasteiger partial charge in [0, 0.05) is 0 Å². The molecule has 0 amide bonds. The highest BCUT2D eigenvalue weighted by atomic mass is 14.3. The summed E-state index contributed by atoms with van der Waals surface area (Å²) in [5, 5.41) is 8.77. The van der Waals surface area contributed by atoms with Gasteiger partial charge in [-0.15, -0.1) is 0 Å². The molecule has 14 heavy (non-hydrogen) atoms. The number of nitrogens with zero attached hydrogens (tertiary/aromatic N) is 1. The highest BCUT2D eigenvalue weighted by Gasteiger charge is 2.13. The molecule has 0 heterocycles. The molecule has 0 aromatic heterocycles. The van der Waals surface area contributed by atoms with Gasteiger partial charge in [-0.2, -0.15) is 5.26 Å². The zero-order valence-corrected chi connectivity index (χ0v) is 9.33. The van der Waals surface area contributed by atoms with Crippen LogP contribution >= 0.6 is 0 Å². The predicted octanol–water partition coefficient (Wildman–Crippen LogP) is 3.61. The molecule has 1 heteroatoms. The van der Waals surface area contributed by atoms with Gasteiger partial charge in [0.15, 0.2) is 0 Å². The molecule has 74 valence electrons. The van der Waals surface area contributed by atoms with E-state index < -0.39 is 0 Å². The van der Waals surface area contributed by atoms with Gasteiger partial charge in [0.25, 0.3) is 0 Å². The Bertz CT molecular complexity index is 335. The zero-order valence-electron chi connectivity index (χ0n) is 9.33. The maximum Gasteiger partial charge on any atom is 0.0700 e. The normalized spacial score (nSPS) is 13.4. The maximum atomic E-state index is 8.77. The fourth-order valence-corrected chi connectivity index (χ4v) is 1.35. The fourth-order valence-electron chi connectivity index (χ4n) is 1.35. The van der Waals surface area contributed by atoms with E-state index in [2.05, 4.69) is 51.1 Å². The van der Waals surface area contributed by atoms with Crippen molar-refractivity contribution in [3.63, 3.8) is 0 Å². The molecule has 1 nitrogen and oxygen atoms in total. The van der Waals surface area contributed by atoms with E-state index in [1.54, 1.807) is 0 Å². The Morgan fingerprint density at radius 3 is 2.00 bits per heavy atom. The summed E-state index contributed by atoms with van der Waals surface area (Å²) in [7, 11) is 0. The first-order valence-electron chi connectivity index (χ1n) is 4.95. The molecular formula is C13H17N. The van der Waals surface area contributed by atoms with Crippen LogP contribution in [0.15, 0.2) is 24.3 Å². The largest absolute Gasteiger partial charge is 0.198 e. The Morgan fingerprint density at radius 2 is 1.64 bits per heavy atom. The number of benzene rings is 1. The lowest BCUT2D eigenvalue weighted by atomic mass is 9.86. The van der Waals surface area contributed by atoms with Gasteiger partial charge in [-0.25, -0.2) is 0 Å². The quantitative estimate of drug-likeness (QED) is 0.658. The van der Waals surface area contributed by atoms with Gasteiger partial charge in [-0.3, -0.25) is 0 Å². The third-order valence-electron chi connectivity index (χ3n) is 2.47. The Morgan fingerprint density at radius 1 is 1.14 bits per heavy atom. The molecular weight excluding hydrogens is 170 g/mol. The van der Waals surface area contributed by atoms with Gasteiger partial charge in [0.05, 0.1) is 12.0 Å². The van der Waals surface area contributed by atoms with Crippen LogP contribution in [0.5, 0.6) is 0 Å². The first kappa shape index (κ1) is 10.8. The fraction of sp³-hybridized carbons (Fsp3) is 0.462. The van der Waals surface area contributed by atoms with Crippen molar-refractivity contribution in [3.05, 3.63) is 35.4 Å². The topological polar surface area (TPSA) is 23.8 Å². The molecule has 1 aromatic rings. The summed E-state index contributed by atoms with van der Waals surface area (Å²) in [5.74, 6) is -0.0102. The Hall–Kier alpha value is -1.29. The lowest BCUT2D eigenvalue weighted by Gasteiger charge is -2.19. The van der Waals surface area contributed by atoms with Crippen LogP contribution in [-0.2, 0) is 5.41 Å². The Kier molecular flexibility index (Phi) is 2.96. The van der Waals surface area contributed by atoms with E-state index in [-0.39, 0.29) is 11.3 Å².